The third-order valence-corrected chi connectivity index (χ3v) is 3.50. The van der Waals surface area contributed by atoms with Gasteiger partial charge in [-0.25, -0.2) is 0 Å². The topological polar surface area (TPSA) is 57.8 Å². The molecule has 0 fully saturated rings. The highest BCUT2D eigenvalue weighted by atomic mass is 79.9. The Hall–Kier alpha value is -1.14. The summed E-state index contributed by atoms with van der Waals surface area (Å²) in [5.41, 5.74) is 1.56. The lowest BCUT2D eigenvalue weighted by atomic mass is 10.1. The number of carbonyl (C=O) groups is 1. The lowest BCUT2D eigenvalue weighted by molar-refractivity contribution is 0.102. The van der Waals surface area contributed by atoms with Crippen LogP contribution in [0.2, 0.25) is 0 Å². The number of hydrogen-bond donors (Lipinski definition) is 2. The summed E-state index contributed by atoms with van der Waals surface area (Å²) in [6.07, 6.45) is 0. The molecule has 0 aliphatic rings. The SMILES string of the molecule is CC(C)c1cc(NC(=O)c2cc(Br)cc(Br)c2)n[nH]1. The molecule has 19 heavy (non-hydrogen) atoms. The van der Waals surface area contributed by atoms with Gasteiger partial charge in [-0.2, -0.15) is 5.10 Å². The molecule has 2 rings (SSSR count). The minimum atomic E-state index is -0.191. The van der Waals surface area contributed by atoms with E-state index in [-0.39, 0.29) is 5.91 Å². The predicted octanol–water partition coefficient (Wildman–Crippen LogP) is 4.31. The zero-order valence-corrected chi connectivity index (χ0v) is 13.7. The van der Waals surface area contributed by atoms with Crippen LogP contribution in [0.1, 0.15) is 35.8 Å². The highest BCUT2D eigenvalue weighted by molar-refractivity contribution is 9.11. The molecule has 0 spiro atoms. The predicted molar refractivity (Wildman–Crippen MR) is 82.5 cm³/mol. The summed E-state index contributed by atoms with van der Waals surface area (Å²) in [6.45, 7) is 4.12. The summed E-state index contributed by atoms with van der Waals surface area (Å²) in [7, 11) is 0. The Morgan fingerprint density at radius 3 is 2.37 bits per heavy atom. The quantitative estimate of drug-likeness (QED) is 0.825. The molecule has 0 aliphatic carbocycles. The van der Waals surface area contributed by atoms with E-state index in [9.17, 15) is 4.79 Å². The highest BCUT2D eigenvalue weighted by Crippen LogP contribution is 2.21. The molecule has 0 saturated heterocycles. The van der Waals surface area contributed by atoms with E-state index in [0.29, 0.717) is 17.3 Å². The number of benzene rings is 1. The molecule has 0 unspecified atom stereocenters. The monoisotopic (exact) mass is 385 g/mol. The number of anilines is 1. The second-order valence-corrected chi connectivity index (χ2v) is 6.31. The number of halogens is 2. The molecule has 0 radical (unpaired) electrons. The Labute approximate surface area is 128 Å². The van der Waals surface area contributed by atoms with Gasteiger partial charge in [-0.1, -0.05) is 45.7 Å². The average molecular weight is 387 g/mol. The van der Waals surface area contributed by atoms with E-state index >= 15 is 0 Å². The van der Waals surface area contributed by atoms with Gasteiger partial charge in [0.1, 0.15) is 0 Å². The van der Waals surface area contributed by atoms with Crippen LogP contribution in [0, 0.1) is 0 Å². The summed E-state index contributed by atoms with van der Waals surface area (Å²) >= 11 is 6.72. The molecule has 4 nitrogen and oxygen atoms in total. The smallest absolute Gasteiger partial charge is 0.256 e. The van der Waals surface area contributed by atoms with Gasteiger partial charge in [0.15, 0.2) is 5.82 Å². The third kappa shape index (κ3) is 3.67. The van der Waals surface area contributed by atoms with Crippen molar-refractivity contribution in [3.05, 3.63) is 44.5 Å². The molecule has 0 saturated carbocycles. The largest absolute Gasteiger partial charge is 0.305 e. The van der Waals surface area contributed by atoms with Crippen molar-refractivity contribution in [1.29, 1.82) is 0 Å². The van der Waals surface area contributed by atoms with E-state index in [1.165, 1.54) is 0 Å². The molecule has 0 atom stereocenters. The molecular weight excluding hydrogens is 374 g/mol. The number of aromatic amines is 1. The van der Waals surface area contributed by atoms with Crippen LogP contribution in [-0.4, -0.2) is 16.1 Å². The van der Waals surface area contributed by atoms with Crippen LogP contribution in [0.15, 0.2) is 33.2 Å². The fourth-order valence-electron chi connectivity index (χ4n) is 1.57. The lowest BCUT2D eigenvalue weighted by Crippen LogP contribution is -2.12. The molecule has 2 N–H and O–H groups in total. The van der Waals surface area contributed by atoms with Crippen LogP contribution in [0.4, 0.5) is 5.82 Å². The van der Waals surface area contributed by atoms with Gasteiger partial charge in [0.05, 0.1) is 0 Å². The summed E-state index contributed by atoms with van der Waals surface area (Å²) < 4.78 is 1.69. The Morgan fingerprint density at radius 1 is 1.21 bits per heavy atom. The van der Waals surface area contributed by atoms with Gasteiger partial charge < -0.3 is 5.32 Å². The minimum absolute atomic E-state index is 0.191. The van der Waals surface area contributed by atoms with E-state index in [0.717, 1.165) is 14.6 Å². The van der Waals surface area contributed by atoms with Crippen molar-refractivity contribution >= 4 is 43.6 Å². The van der Waals surface area contributed by atoms with Crippen molar-refractivity contribution in [2.75, 3.05) is 5.32 Å². The molecule has 1 amide bonds. The van der Waals surface area contributed by atoms with Gasteiger partial charge in [-0.05, 0) is 24.1 Å². The van der Waals surface area contributed by atoms with Crippen molar-refractivity contribution in [2.24, 2.45) is 0 Å². The Balaban J connectivity index is 2.15. The zero-order valence-electron chi connectivity index (χ0n) is 10.5. The van der Waals surface area contributed by atoms with Crippen LogP contribution >= 0.6 is 31.9 Å². The second kappa shape index (κ2) is 5.88. The number of rotatable bonds is 3. The summed E-state index contributed by atoms with van der Waals surface area (Å²) in [5, 5.41) is 9.73. The maximum Gasteiger partial charge on any atom is 0.256 e. The van der Waals surface area contributed by atoms with Gasteiger partial charge in [-0.15, -0.1) is 0 Å². The molecule has 2 aromatic rings. The average Bonchev–Trinajstić information content (AvgIpc) is 2.76. The lowest BCUT2D eigenvalue weighted by Gasteiger charge is -2.03. The van der Waals surface area contributed by atoms with Crippen LogP contribution in [-0.2, 0) is 0 Å². The van der Waals surface area contributed by atoms with E-state index < -0.39 is 0 Å². The standard InChI is InChI=1S/C13H13Br2N3O/c1-7(2)11-6-12(18-17-11)16-13(19)8-3-9(14)5-10(15)4-8/h3-7H,1-2H3,(H2,16,17,18,19). The van der Waals surface area contributed by atoms with Crippen molar-refractivity contribution < 1.29 is 4.79 Å². The first-order valence-electron chi connectivity index (χ1n) is 5.78. The highest BCUT2D eigenvalue weighted by Gasteiger charge is 2.11. The third-order valence-electron chi connectivity index (χ3n) is 2.59. The normalized spacial score (nSPS) is 10.8. The van der Waals surface area contributed by atoms with Gasteiger partial charge in [-0.3, -0.25) is 9.89 Å². The molecular formula is C13H13Br2N3O. The van der Waals surface area contributed by atoms with E-state index in [2.05, 4.69) is 61.2 Å². The number of hydrogen-bond acceptors (Lipinski definition) is 2. The van der Waals surface area contributed by atoms with Crippen molar-refractivity contribution in [1.82, 2.24) is 10.2 Å². The zero-order chi connectivity index (χ0) is 14.0. The fraction of sp³-hybridized carbons (Fsp3) is 0.231. The first-order valence-corrected chi connectivity index (χ1v) is 7.37. The molecule has 1 aromatic carbocycles. The molecule has 1 aromatic heterocycles. The Kier molecular flexibility index (Phi) is 4.42. The van der Waals surface area contributed by atoms with Gasteiger partial charge >= 0.3 is 0 Å². The molecule has 0 bridgehead atoms. The molecule has 100 valence electrons. The first-order chi connectivity index (χ1) is 8.95. The number of H-pyrrole nitrogens is 1. The Morgan fingerprint density at radius 2 is 1.84 bits per heavy atom. The van der Waals surface area contributed by atoms with Crippen LogP contribution < -0.4 is 5.32 Å². The first kappa shape index (κ1) is 14.3. The maximum absolute atomic E-state index is 12.1. The van der Waals surface area contributed by atoms with Gasteiger partial charge in [0.2, 0.25) is 0 Å². The van der Waals surface area contributed by atoms with Gasteiger partial charge in [0.25, 0.3) is 5.91 Å². The maximum atomic E-state index is 12.1. The minimum Gasteiger partial charge on any atom is -0.305 e. The van der Waals surface area contributed by atoms with Crippen LogP contribution in [0.25, 0.3) is 0 Å². The van der Waals surface area contributed by atoms with Crippen molar-refractivity contribution in [3.8, 4) is 0 Å². The van der Waals surface area contributed by atoms with E-state index in [1.807, 2.05) is 12.1 Å². The van der Waals surface area contributed by atoms with Gasteiger partial charge in [0, 0.05) is 26.3 Å². The number of nitrogens with zero attached hydrogens (tertiary/aromatic N) is 1. The van der Waals surface area contributed by atoms with Crippen LogP contribution in [0.3, 0.4) is 0 Å². The summed E-state index contributed by atoms with van der Waals surface area (Å²) in [5.74, 6) is 0.687. The molecule has 6 heteroatoms. The van der Waals surface area contributed by atoms with Crippen molar-refractivity contribution in [2.45, 2.75) is 19.8 Å². The molecule has 0 aliphatic heterocycles. The number of amides is 1. The van der Waals surface area contributed by atoms with E-state index in [1.54, 1.807) is 12.1 Å². The fourth-order valence-corrected chi connectivity index (χ4v) is 2.86. The summed E-state index contributed by atoms with van der Waals surface area (Å²) in [4.78, 5) is 12.1. The second-order valence-electron chi connectivity index (χ2n) is 4.48. The number of carbonyl (C=O) groups excluding carboxylic acids is 1. The summed E-state index contributed by atoms with van der Waals surface area (Å²) in [6, 6.07) is 7.24. The number of aromatic nitrogens is 2. The number of nitrogens with one attached hydrogen (secondary N) is 2. The van der Waals surface area contributed by atoms with E-state index in [4.69, 9.17) is 0 Å². The van der Waals surface area contributed by atoms with Crippen molar-refractivity contribution in [3.63, 3.8) is 0 Å². The van der Waals surface area contributed by atoms with Crippen LogP contribution in [0.5, 0.6) is 0 Å². The Bertz CT molecular complexity index is 587. The molecule has 1 heterocycles.